The first-order chi connectivity index (χ1) is 11.1. The number of carbonyl (C=O) groups is 1. The van der Waals surface area contributed by atoms with Gasteiger partial charge in [0.15, 0.2) is 0 Å². The summed E-state index contributed by atoms with van der Waals surface area (Å²) in [4.78, 5) is 22.1. The molecule has 23 heavy (non-hydrogen) atoms. The predicted molar refractivity (Wildman–Crippen MR) is 90.0 cm³/mol. The first kappa shape index (κ1) is 16.7. The summed E-state index contributed by atoms with van der Waals surface area (Å²) in [6, 6.07) is 7.91. The Hall–Kier alpha value is -2.63. The molecule has 0 spiro atoms. The van der Waals surface area contributed by atoms with E-state index in [1.54, 1.807) is 12.0 Å². The highest BCUT2D eigenvalue weighted by atomic mass is 16.5. The average Bonchev–Trinajstić information content (AvgIpc) is 2.59. The second kappa shape index (κ2) is 8.12. The van der Waals surface area contributed by atoms with Crippen LogP contribution in [0.1, 0.15) is 22.3 Å². The molecule has 0 aliphatic carbocycles. The maximum absolute atomic E-state index is 12.0. The molecule has 1 aromatic heterocycles. The summed E-state index contributed by atoms with van der Waals surface area (Å²) >= 11 is 0. The van der Waals surface area contributed by atoms with Crippen LogP contribution < -0.4 is 15.0 Å². The molecule has 1 aromatic carbocycles. The average molecular weight is 314 g/mol. The molecule has 1 N–H and O–H groups in total. The lowest BCUT2D eigenvalue weighted by Gasteiger charge is -2.10. The van der Waals surface area contributed by atoms with Gasteiger partial charge in [-0.25, -0.2) is 9.97 Å². The predicted octanol–water partition coefficient (Wildman–Crippen LogP) is 1.91. The number of benzene rings is 1. The molecule has 6 heteroatoms. The molecule has 0 fully saturated rings. The van der Waals surface area contributed by atoms with Crippen molar-refractivity contribution in [2.24, 2.45) is 0 Å². The fourth-order valence-electron chi connectivity index (χ4n) is 2.16. The number of hydrogen-bond acceptors (Lipinski definition) is 5. The second-order valence-electron chi connectivity index (χ2n) is 5.34. The number of nitrogens with one attached hydrogen (secondary N) is 1. The Labute approximate surface area is 136 Å². The van der Waals surface area contributed by atoms with Crippen LogP contribution in [0.5, 0.6) is 5.75 Å². The van der Waals surface area contributed by atoms with Crippen LogP contribution in [0.4, 0.5) is 5.95 Å². The highest BCUT2D eigenvalue weighted by Gasteiger charge is 2.08. The zero-order valence-electron chi connectivity index (χ0n) is 13.7. The summed E-state index contributed by atoms with van der Waals surface area (Å²) in [7, 11) is 5.37. The van der Waals surface area contributed by atoms with E-state index in [2.05, 4.69) is 15.3 Å². The smallest absolute Gasteiger partial charge is 0.254 e. The van der Waals surface area contributed by atoms with Gasteiger partial charge in [-0.05, 0) is 24.5 Å². The summed E-state index contributed by atoms with van der Waals surface area (Å²) in [5.74, 6) is 1.31. The molecule has 0 aliphatic heterocycles. The number of rotatable bonds is 7. The van der Waals surface area contributed by atoms with E-state index >= 15 is 0 Å². The number of aryl methyl sites for hydroxylation is 1. The van der Waals surface area contributed by atoms with E-state index in [1.165, 1.54) is 12.4 Å². The lowest BCUT2D eigenvalue weighted by molar-refractivity contribution is 0.0952. The van der Waals surface area contributed by atoms with Gasteiger partial charge in [0, 0.05) is 33.0 Å². The van der Waals surface area contributed by atoms with Gasteiger partial charge >= 0.3 is 0 Å². The number of aromatic nitrogens is 2. The van der Waals surface area contributed by atoms with Gasteiger partial charge in [-0.1, -0.05) is 18.2 Å². The third-order valence-electron chi connectivity index (χ3n) is 3.40. The van der Waals surface area contributed by atoms with Crippen molar-refractivity contribution in [2.45, 2.75) is 12.8 Å². The molecule has 0 saturated heterocycles. The molecular weight excluding hydrogens is 292 g/mol. The van der Waals surface area contributed by atoms with E-state index in [0.717, 1.165) is 24.2 Å². The summed E-state index contributed by atoms with van der Waals surface area (Å²) in [6.45, 7) is 0.590. The number of para-hydroxylation sites is 1. The molecule has 1 heterocycles. The molecule has 122 valence electrons. The van der Waals surface area contributed by atoms with Crippen LogP contribution in [0.2, 0.25) is 0 Å². The molecule has 2 aromatic rings. The lowest BCUT2D eigenvalue weighted by Crippen LogP contribution is -2.25. The molecule has 0 saturated carbocycles. The Bertz CT molecular complexity index is 641. The number of carbonyl (C=O) groups excluding carboxylic acids is 1. The van der Waals surface area contributed by atoms with Gasteiger partial charge in [-0.15, -0.1) is 0 Å². The van der Waals surface area contributed by atoms with Crippen molar-refractivity contribution in [3.63, 3.8) is 0 Å². The molecule has 1 amide bonds. The van der Waals surface area contributed by atoms with E-state index in [0.29, 0.717) is 18.1 Å². The topological polar surface area (TPSA) is 67.3 Å². The van der Waals surface area contributed by atoms with Gasteiger partial charge in [-0.3, -0.25) is 4.79 Å². The van der Waals surface area contributed by atoms with Crippen LogP contribution >= 0.6 is 0 Å². The van der Waals surface area contributed by atoms with Crippen molar-refractivity contribution in [2.75, 3.05) is 32.6 Å². The molecule has 6 nitrogen and oxygen atoms in total. The number of nitrogens with zero attached hydrogens (tertiary/aromatic N) is 3. The highest BCUT2D eigenvalue weighted by Crippen LogP contribution is 2.18. The Kier molecular flexibility index (Phi) is 5.91. The number of hydrogen-bond donors (Lipinski definition) is 1. The summed E-state index contributed by atoms with van der Waals surface area (Å²) in [5.41, 5.74) is 1.61. The van der Waals surface area contributed by atoms with Crippen LogP contribution in [-0.4, -0.2) is 43.6 Å². The fourth-order valence-corrected chi connectivity index (χ4v) is 2.16. The fraction of sp³-hybridized carbons (Fsp3) is 0.353. The van der Waals surface area contributed by atoms with Crippen LogP contribution in [0.15, 0.2) is 36.7 Å². The SMILES string of the molecule is COc1ccccc1CCCNC(=O)c1cnc(N(C)C)nc1. The molecule has 0 radical (unpaired) electrons. The quantitative estimate of drug-likeness (QED) is 0.791. The van der Waals surface area contributed by atoms with Crippen molar-refractivity contribution in [1.29, 1.82) is 0 Å². The molecule has 0 atom stereocenters. The molecule has 0 bridgehead atoms. The standard InChI is InChI=1S/C17H22N4O2/c1-21(2)17-19-11-14(12-20-17)16(22)18-10-6-8-13-7-4-5-9-15(13)23-3/h4-5,7,9,11-12H,6,8,10H2,1-3H3,(H,18,22). The zero-order chi connectivity index (χ0) is 16.7. The minimum Gasteiger partial charge on any atom is -0.496 e. The Morgan fingerprint density at radius 2 is 1.91 bits per heavy atom. The van der Waals surface area contributed by atoms with Crippen LogP contribution in [0.25, 0.3) is 0 Å². The second-order valence-corrected chi connectivity index (χ2v) is 5.34. The third kappa shape index (κ3) is 4.67. The van der Waals surface area contributed by atoms with E-state index < -0.39 is 0 Å². The summed E-state index contributed by atoms with van der Waals surface area (Å²) in [5, 5.41) is 2.88. The van der Waals surface area contributed by atoms with Gasteiger partial charge < -0.3 is 15.0 Å². The van der Waals surface area contributed by atoms with Crippen LogP contribution in [0.3, 0.4) is 0 Å². The molecule has 0 unspecified atom stereocenters. The number of methoxy groups -OCH3 is 1. The Morgan fingerprint density at radius 1 is 1.22 bits per heavy atom. The largest absolute Gasteiger partial charge is 0.496 e. The van der Waals surface area contributed by atoms with Crippen molar-refractivity contribution in [3.8, 4) is 5.75 Å². The molecule has 2 rings (SSSR count). The minimum absolute atomic E-state index is 0.157. The van der Waals surface area contributed by atoms with Gasteiger partial charge in [0.2, 0.25) is 5.95 Å². The van der Waals surface area contributed by atoms with E-state index in [1.807, 2.05) is 38.4 Å². The first-order valence-electron chi connectivity index (χ1n) is 7.51. The zero-order valence-corrected chi connectivity index (χ0v) is 13.7. The van der Waals surface area contributed by atoms with Gasteiger partial charge in [0.1, 0.15) is 5.75 Å². The number of amides is 1. The number of anilines is 1. The van der Waals surface area contributed by atoms with E-state index in [-0.39, 0.29) is 5.91 Å². The van der Waals surface area contributed by atoms with Gasteiger partial charge in [0.25, 0.3) is 5.91 Å². The monoisotopic (exact) mass is 314 g/mol. The number of ether oxygens (including phenoxy) is 1. The molecular formula is C17H22N4O2. The first-order valence-corrected chi connectivity index (χ1v) is 7.51. The van der Waals surface area contributed by atoms with Crippen molar-refractivity contribution in [3.05, 3.63) is 47.8 Å². The van der Waals surface area contributed by atoms with Crippen LogP contribution in [-0.2, 0) is 6.42 Å². The third-order valence-corrected chi connectivity index (χ3v) is 3.40. The van der Waals surface area contributed by atoms with E-state index in [9.17, 15) is 4.79 Å². The van der Waals surface area contributed by atoms with Gasteiger partial charge in [0.05, 0.1) is 12.7 Å². The summed E-state index contributed by atoms with van der Waals surface area (Å²) in [6.07, 6.45) is 4.76. The minimum atomic E-state index is -0.157. The van der Waals surface area contributed by atoms with Crippen LogP contribution in [0, 0.1) is 0 Å². The van der Waals surface area contributed by atoms with Crippen molar-refractivity contribution >= 4 is 11.9 Å². The van der Waals surface area contributed by atoms with E-state index in [4.69, 9.17) is 4.74 Å². The lowest BCUT2D eigenvalue weighted by atomic mass is 10.1. The summed E-state index contributed by atoms with van der Waals surface area (Å²) < 4.78 is 5.32. The van der Waals surface area contributed by atoms with Crippen molar-refractivity contribution < 1.29 is 9.53 Å². The highest BCUT2D eigenvalue weighted by molar-refractivity contribution is 5.93. The Morgan fingerprint density at radius 3 is 2.57 bits per heavy atom. The normalized spacial score (nSPS) is 10.2. The molecule has 0 aliphatic rings. The van der Waals surface area contributed by atoms with Gasteiger partial charge in [-0.2, -0.15) is 0 Å². The van der Waals surface area contributed by atoms with Crippen molar-refractivity contribution in [1.82, 2.24) is 15.3 Å². The maximum Gasteiger partial charge on any atom is 0.254 e. The maximum atomic E-state index is 12.0. The Balaban J connectivity index is 1.80.